The molecule has 0 amide bonds. The zero-order valence-corrected chi connectivity index (χ0v) is 46.1. The van der Waals surface area contributed by atoms with Crippen LogP contribution in [0.5, 0.6) is 0 Å². The summed E-state index contributed by atoms with van der Waals surface area (Å²) in [4.78, 5) is 0. The maximum absolute atomic E-state index is 12.7. The third kappa shape index (κ3) is 10.8. The molecule has 78 heavy (non-hydrogen) atoms. The van der Waals surface area contributed by atoms with Crippen molar-refractivity contribution in [3.05, 3.63) is 11.6 Å². The number of fused-ring (bicyclic) bond motifs is 5. The molecule has 8 aliphatic rings. The van der Waals surface area contributed by atoms with E-state index in [4.69, 9.17) is 37.9 Å². The molecule has 4 heterocycles. The fourth-order valence-electron chi connectivity index (χ4n) is 15.7. The molecule has 24 nitrogen and oxygen atoms in total. The van der Waals surface area contributed by atoms with Crippen molar-refractivity contribution in [2.75, 3.05) is 26.4 Å². The van der Waals surface area contributed by atoms with E-state index in [9.17, 15) is 81.7 Å². The first-order valence-electron chi connectivity index (χ1n) is 28.0. The molecular weight excluding hydrogens is 1030 g/mol. The van der Waals surface area contributed by atoms with E-state index >= 15 is 0 Å². The summed E-state index contributed by atoms with van der Waals surface area (Å²) in [5.74, 6) is 0.273. The summed E-state index contributed by atoms with van der Waals surface area (Å²) in [6, 6.07) is 0. The van der Waals surface area contributed by atoms with E-state index in [1.54, 1.807) is 0 Å². The summed E-state index contributed by atoms with van der Waals surface area (Å²) in [6.45, 7) is 13.3. The van der Waals surface area contributed by atoms with Crippen LogP contribution < -0.4 is 0 Å². The Morgan fingerprint density at radius 2 is 1.05 bits per heavy atom. The van der Waals surface area contributed by atoms with Crippen molar-refractivity contribution < 1.29 is 120 Å². The molecule has 0 bridgehead atoms. The van der Waals surface area contributed by atoms with Gasteiger partial charge in [0, 0.05) is 10.8 Å². The molecule has 0 aromatic carbocycles. The van der Waals surface area contributed by atoms with E-state index in [-0.39, 0.29) is 40.9 Å². The molecule has 8 rings (SSSR count). The Kier molecular flexibility index (Phi) is 19.1. The second-order valence-corrected chi connectivity index (χ2v) is 25.8. The minimum atomic E-state index is -2.02. The van der Waals surface area contributed by atoms with Gasteiger partial charge in [-0.15, -0.1) is 0 Å². The standard InChI is InChI=1S/C54H92O24/c1-22(23-15-16-52(6)30-12-10-24-25(54(30,8)31(59)17-53(23,52)7)11-14-32(50(24,2)3)75-46-41(67)38(64)34(60)26(18-55)71-46)9-13-33(51(4,5)70)76-49-45(40(66)36(62)28(20-57)74-49)78-48-43(69)44(37(63)29(21-58)73-48)77-47-42(68)39(65)35(61)27(19-56)72-47/h10,22-23,25-49,55-70H,9,11-21H2,1-8H3/t22-,23?,25?,26-,27-,28-,29-,30?,31-,32+,33-,34-,35-,36-,37-,38+,39+,40+,41-,42-,43-,44+,45-,46+,47+,48+,49+,52+,53-,54+/m1/s1. The van der Waals surface area contributed by atoms with E-state index in [2.05, 4.69) is 47.6 Å². The summed E-state index contributed by atoms with van der Waals surface area (Å²) in [6.07, 6.45) is -28.1. The first-order valence-corrected chi connectivity index (χ1v) is 28.0. The molecule has 0 spiro atoms. The van der Waals surface area contributed by atoms with Crippen LogP contribution in [0, 0.1) is 45.3 Å². The van der Waals surface area contributed by atoms with Crippen LogP contribution in [0.25, 0.3) is 0 Å². The van der Waals surface area contributed by atoms with Crippen LogP contribution in [0.15, 0.2) is 11.6 Å². The third-order valence-corrected chi connectivity index (χ3v) is 20.8. The minimum Gasteiger partial charge on any atom is -0.394 e. The molecule has 0 aromatic rings. The highest BCUT2D eigenvalue weighted by Gasteiger charge is 2.70. The summed E-state index contributed by atoms with van der Waals surface area (Å²) in [7, 11) is 0. The number of hydrogen-bond donors (Lipinski definition) is 16. The number of allylic oxidation sites excluding steroid dienone is 1. The van der Waals surface area contributed by atoms with Crippen molar-refractivity contribution in [3.8, 4) is 0 Å². The second kappa shape index (κ2) is 23.7. The first-order chi connectivity index (χ1) is 36.5. The number of hydrogen-bond acceptors (Lipinski definition) is 24. The molecular formula is C54H92O24. The van der Waals surface area contributed by atoms with E-state index < -0.39 is 184 Å². The molecule has 7 fully saturated rings. The second-order valence-electron chi connectivity index (χ2n) is 25.8. The van der Waals surface area contributed by atoms with Crippen molar-refractivity contribution in [3.63, 3.8) is 0 Å². The van der Waals surface area contributed by atoms with Gasteiger partial charge in [0.25, 0.3) is 0 Å². The summed E-state index contributed by atoms with van der Waals surface area (Å²) < 4.78 is 47.7. The zero-order chi connectivity index (χ0) is 57.5. The van der Waals surface area contributed by atoms with Gasteiger partial charge in [0.05, 0.1) is 50.3 Å². The van der Waals surface area contributed by atoms with Gasteiger partial charge in [-0.25, -0.2) is 0 Å². The minimum absolute atomic E-state index is 0.0141. The van der Waals surface area contributed by atoms with E-state index in [0.29, 0.717) is 32.1 Å². The molecule has 3 unspecified atom stereocenters. The molecule has 4 saturated heterocycles. The third-order valence-electron chi connectivity index (χ3n) is 20.8. The van der Waals surface area contributed by atoms with Crippen LogP contribution in [0.1, 0.15) is 107 Å². The summed E-state index contributed by atoms with van der Waals surface area (Å²) in [5, 5.41) is 173. The van der Waals surface area contributed by atoms with Gasteiger partial charge < -0.3 is 120 Å². The topological polar surface area (TPSA) is 398 Å². The van der Waals surface area contributed by atoms with Gasteiger partial charge in [-0.1, -0.05) is 53.2 Å². The van der Waals surface area contributed by atoms with Crippen LogP contribution in [-0.2, 0) is 37.9 Å². The van der Waals surface area contributed by atoms with Gasteiger partial charge in [-0.3, -0.25) is 0 Å². The summed E-state index contributed by atoms with van der Waals surface area (Å²) >= 11 is 0. The molecule has 24 heteroatoms. The maximum Gasteiger partial charge on any atom is 0.187 e. The van der Waals surface area contributed by atoms with Crippen molar-refractivity contribution in [2.24, 2.45) is 45.3 Å². The smallest absolute Gasteiger partial charge is 0.187 e. The lowest BCUT2D eigenvalue weighted by Crippen LogP contribution is -2.67. The van der Waals surface area contributed by atoms with Crippen LogP contribution in [0.4, 0.5) is 0 Å². The molecule has 0 aromatic heterocycles. The van der Waals surface area contributed by atoms with Crippen molar-refractivity contribution >= 4 is 0 Å². The quantitative estimate of drug-likeness (QED) is 0.0637. The van der Waals surface area contributed by atoms with Gasteiger partial charge in [-0.05, 0) is 99.7 Å². The van der Waals surface area contributed by atoms with Crippen molar-refractivity contribution in [1.82, 2.24) is 0 Å². The molecule has 4 aliphatic carbocycles. The number of aliphatic hydroxyl groups excluding tert-OH is 15. The van der Waals surface area contributed by atoms with Crippen LogP contribution in [0.3, 0.4) is 0 Å². The normalized spacial score (nSPS) is 51.4. The molecule has 452 valence electrons. The van der Waals surface area contributed by atoms with E-state index in [1.165, 1.54) is 13.8 Å². The zero-order valence-electron chi connectivity index (χ0n) is 46.1. The SMILES string of the molecule is C[C@H](CC[C@@H](O[C@@H]1O[C@H](CO)[C@@H](O)[C@H](O)[C@H]1O[C@@H]1O[C@H](CO)[C@@H](O)[C@H](O[C@@H]2O[C@H](CO)[C@@H](O)[C@H](O)[C@H]2O)[C@H]1O)C(C)(C)O)C1CC[C@@]2(C)C3CC=C4C(CC[C@H](O[C@@H]5O[C@H](CO)[C@@H](O)[C@H](O)[C@H]5O)C4(C)C)[C@]3(C)[C@H](O)C[C@]12C. The lowest BCUT2D eigenvalue weighted by atomic mass is 9.38. The Labute approximate surface area is 455 Å². The maximum atomic E-state index is 12.7. The van der Waals surface area contributed by atoms with Crippen molar-refractivity contribution in [2.45, 2.75) is 253 Å². The Morgan fingerprint density at radius 3 is 1.59 bits per heavy atom. The Morgan fingerprint density at radius 1 is 0.564 bits per heavy atom. The van der Waals surface area contributed by atoms with Gasteiger partial charge in [0.15, 0.2) is 25.2 Å². The van der Waals surface area contributed by atoms with Crippen LogP contribution in [0.2, 0.25) is 0 Å². The largest absolute Gasteiger partial charge is 0.394 e. The van der Waals surface area contributed by atoms with Gasteiger partial charge in [-0.2, -0.15) is 0 Å². The lowest BCUT2D eigenvalue weighted by molar-refractivity contribution is -0.390. The van der Waals surface area contributed by atoms with Crippen LogP contribution in [-0.4, -0.2) is 255 Å². The van der Waals surface area contributed by atoms with E-state index in [0.717, 1.165) is 18.4 Å². The highest BCUT2D eigenvalue weighted by molar-refractivity contribution is 5.32. The molecule has 0 radical (unpaired) electrons. The van der Waals surface area contributed by atoms with Gasteiger partial charge in [0.2, 0.25) is 0 Å². The Balaban J connectivity index is 0.966. The number of aliphatic hydroxyl groups is 16. The van der Waals surface area contributed by atoms with Crippen LogP contribution >= 0.6 is 0 Å². The predicted octanol–water partition coefficient (Wildman–Crippen LogP) is -3.23. The fraction of sp³-hybridized carbons (Fsp3) is 0.963. The summed E-state index contributed by atoms with van der Waals surface area (Å²) in [5.41, 5.74) is -2.00. The lowest BCUT2D eigenvalue weighted by Gasteiger charge is -2.67. The average molecular weight is 1130 g/mol. The Bertz CT molecular complexity index is 2030. The van der Waals surface area contributed by atoms with Gasteiger partial charge >= 0.3 is 0 Å². The number of rotatable bonds is 17. The molecule has 30 atom stereocenters. The highest BCUT2D eigenvalue weighted by Crippen LogP contribution is 2.75. The monoisotopic (exact) mass is 1120 g/mol. The highest BCUT2D eigenvalue weighted by atomic mass is 16.8. The molecule has 3 saturated carbocycles. The predicted molar refractivity (Wildman–Crippen MR) is 268 cm³/mol. The van der Waals surface area contributed by atoms with Gasteiger partial charge in [0.1, 0.15) is 97.7 Å². The molecule has 16 N–H and O–H groups in total. The fourth-order valence-corrected chi connectivity index (χ4v) is 15.7. The number of ether oxygens (including phenoxy) is 8. The first kappa shape index (κ1) is 62.8. The molecule has 4 aliphatic heterocycles. The average Bonchev–Trinajstić information content (AvgIpc) is 3.83. The van der Waals surface area contributed by atoms with Crippen molar-refractivity contribution in [1.29, 1.82) is 0 Å². The Hall–Kier alpha value is -1.22. The van der Waals surface area contributed by atoms with E-state index in [1.807, 2.05) is 0 Å².